The van der Waals surface area contributed by atoms with Crippen LogP contribution in [0.1, 0.15) is 28.9 Å². The number of anilines is 1. The molecule has 0 spiro atoms. The van der Waals surface area contributed by atoms with E-state index in [1.807, 2.05) is 37.3 Å². The minimum atomic E-state index is -0.179. The number of hydrogen-bond acceptors (Lipinski definition) is 6. The Morgan fingerprint density at radius 1 is 1.19 bits per heavy atom. The smallest absolute Gasteiger partial charge is 0.254 e. The van der Waals surface area contributed by atoms with Gasteiger partial charge in [-0.15, -0.1) is 0 Å². The molecule has 26 heavy (non-hydrogen) atoms. The van der Waals surface area contributed by atoms with Crippen LogP contribution in [0.5, 0.6) is 0 Å². The van der Waals surface area contributed by atoms with Gasteiger partial charge in [0.05, 0.1) is 24.8 Å². The third kappa shape index (κ3) is 5.24. The van der Waals surface area contributed by atoms with Gasteiger partial charge in [0.1, 0.15) is 0 Å². The second-order valence-electron chi connectivity index (χ2n) is 6.28. The first-order valence-corrected chi connectivity index (χ1v) is 8.94. The van der Waals surface area contributed by atoms with Crippen LogP contribution in [0.15, 0.2) is 42.7 Å². The summed E-state index contributed by atoms with van der Waals surface area (Å²) in [6.07, 6.45) is 3.11. The van der Waals surface area contributed by atoms with E-state index in [1.54, 1.807) is 12.4 Å². The first-order valence-electron chi connectivity index (χ1n) is 8.94. The molecule has 1 aromatic carbocycles. The highest BCUT2D eigenvalue weighted by atomic mass is 16.5. The molecule has 1 atom stereocenters. The lowest BCUT2D eigenvalue weighted by Crippen LogP contribution is -2.39. The molecular weight excluding hydrogens is 330 g/mol. The van der Waals surface area contributed by atoms with E-state index in [0.29, 0.717) is 11.5 Å². The molecule has 0 saturated carbocycles. The Hall–Kier alpha value is -2.51. The first-order chi connectivity index (χ1) is 12.7. The van der Waals surface area contributed by atoms with E-state index >= 15 is 0 Å². The van der Waals surface area contributed by atoms with Crippen molar-refractivity contribution in [2.45, 2.75) is 13.0 Å². The topological polar surface area (TPSA) is 79.4 Å². The van der Waals surface area contributed by atoms with Crippen molar-refractivity contribution in [2.75, 3.05) is 44.7 Å². The molecule has 0 aliphatic carbocycles. The van der Waals surface area contributed by atoms with Crippen molar-refractivity contribution in [1.82, 2.24) is 20.2 Å². The molecule has 0 radical (unpaired) electrons. The Kier molecular flexibility index (Phi) is 6.51. The summed E-state index contributed by atoms with van der Waals surface area (Å²) in [4.78, 5) is 23.1. The molecule has 1 amide bonds. The number of carbonyl (C=O) groups excluding carboxylic acids is 1. The number of morpholine rings is 1. The van der Waals surface area contributed by atoms with Gasteiger partial charge in [-0.05, 0) is 12.5 Å². The summed E-state index contributed by atoms with van der Waals surface area (Å²) in [7, 11) is 0. The number of rotatable bonds is 7. The van der Waals surface area contributed by atoms with Gasteiger partial charge in [0.2, 0.25) is 5.95 Å². The standard InChI is InChI=1S/C19H25N5O2/c1-15(16-5-3-2-4-6-16)23-18(25)17-13-21-19(22-14-17)20-7-8-24-9-11-26-12-10-24/h2-6,13-15H,7-12H2,1H3,(H,23,25)(H,20,21,22). The van der Waals surface area contributed by atoms with Crippen molar-refractivity contribution in [3.8, 4) is 0 Å². The van der Waals surface area contributed by atoms with Gasteiger partial charge in [0.25, 0.3) is 5.91 Å². The van der Waals surface area contributed by atoms with Gasteiger partial charge in [-0.3, -0.25) is 9.69 Å². The lowest BCUT2D eigenvalue weighted by atomic mass is 10.1. The molecule has 2 N–H and O–H groups in total. The molecule has 7 nitrogen and oxygen atoms in total. The summed E-state index contributed by atoms with van der Waals surface area (Å²) < 4.78 is 5.33. The maximum absolute atomic E-state index is 12.3. The molecule has 1 aliphatic heterocycles. The van der Waals surface area contributed by atoms with E-state index in [1.165, 1.54) is 0 Å². The fraction of sp³-hybridized carbons (Fsp3) is 0.421. The zero-order valence-corrected chi connectivity index (χ0v) is 15.0. The van der Waals surface area contributed by atoms with Crippen LogP contribution >= 0.6 is 0 Å². The van der Waals surface area contributed by atoms with Gasteiger partial charge < -0.3 is 15.4 Å². The third-order valence-electron chi connectivity index (χ3n) is 4.38. The normalized spacial score (nSPS) is 16.0. The van der Waals surface area contributed by atoms with Gasteiger partial charge in [-0.25, -0.2) is 9.97 Å². The molecule has 1 saturated heterocycles. The molecule has 1 aromatic heterocycles. The van der Waals surface area contributed by atoms with Crippen LogP contribution < -0.4 is 10.6 Å². The Labute approximate surface area is 153 Å². The van der Waals surface area contributed by atoms with Crippen LogP contribution in [0.4, 0.5) is 5.95 Å². The van der Waals surface area contributed by atoms with Crippen molar-refractivity contribution in [2.24, 2.45) is 0 Å². The lowest BCUT2D eigenvalue weighted by Gasteiger charge is -2.26. The fourth-order valence-corrected chi connectivity index (χ4v) is 2.79. The number of ether oxygens (including phenoxy) is 1. The second-order valence-corrected chi connectivity index (χ2v) is 6.28. The Bertz CT molecular complexity index is 687. The zero-order valence-electron chi connectivity index (χ0n) is 15.0. The number of nitrogens with zero attached hydrogens (tertiary/aromatic N) is 3. The van der Waals surface area contributed by atoms with Crippen LogP contribution in [0, 0.1) is 0 Å². The minimum Gasteiger partial charge on any atom is -0.379 e. The highest BCUT2D eigenvalue weighted by Gasteiger charge is 2.13. The highest BCUT2D eigenvalue weighted by molar-refractivity contribution is 5.93. The molecular formula is C19H25N5O2. The average molecular weight is 355 g/mol. The molecule has 2 aromatic rings. The molecule has 2 heterocycles. The number of nitrogens with one attached hydrogen (secondary N) is 2. The van der Waals surface area contributed by atoms with E-state index in [9.17, 15) is 4.79 Å². The molecule has 1 unspecified atom stereocenters. The Balaban J connectivity index is 1.46. The van der Waals surface area contributed by atoms with Crippen molar-refractivity contribution >= 4 is 11.9 Å². The molecule has 1 aliphatic rings. The minimum absolute atomic E-state index is 0.0741. The number of benzene rings is 1. The largest absolute Gasteiger partial charge is 0.379 e. The third-order valence-corrected chi connectivity index (χ3v) is 4.38. The Morgan fingerprint density at radius 3 is 2.58 bits per heavy atom. The van der Waals surface area contributed by atoms with Gasteiger partial charge in [0, 0.05) is 38.6 Å². The maximum Gasteiger partial charge on any atom is 0.254 e. The average Bonchev–Trinajstić information content (AvgIpc) is 2.70. The van der Waals surface area contributed by atoms with Crippen LogP contribution in [-0.2, 0) is 4.74 Å². The second kappa shape index (κ2) is 9.26. The number of carbonyl (C=O) groups is 1. The number of amides is 1. The Morgan fingerprint density at radius 2 is 1.88 bits per heavy atom. The predicted molar refractivity (Wildman–Crippen MR) is 100 cm³/mol. The summed E-state index contributed by atoms with van der Waals surface area (Å²) in [6, 6.07) is 9.77. The summed E-state index contributed by atoms with van der Waals surface area (Å²) >= 11 is 0. The summed E-state index contributed by atoms with van der Waals surface area (Å²) in [5, 5.41) is 6.15. The van der Waals surface area contributed by atoms with Crippen LogP contribution in [0.25, 0.3) is 0 Å². The van der Waals surface area contributed by atoms with E-state index in [0.717, 1.165) is 45.0 Å². The molecule has 1 fully saturated rings. The predicted octanol–water partition coefficient (Wildman–Crippen LogP) is 1.71. The quantitative estimate of drug-likeness (QED) is 0.787. The van der Waals surface area contributed by atoms with Crippen molar-refractivity contribution in [3.63, 3.8) is 0 Å². The van der Waals surface area contributed by atoms with E-state index < -0.39 is 0 Å². The van der Waals surface area contributed by atoms with Gasteiger partial charge in [-0.1, -0.05) is 30.3 Å². The monoisotopic (exact) mass is 355 g/mol. The van der Waals surface area contributed by atoms with Crippen molar-refractivity contribution in [1.29, 1.82) is 0 Å². The summed E-state index contributed by atoms with van der Waals surface area (Å²) in [5.74, 6) is 0.354. The molecule has 0 bridgehead atoms. The van der Waals surface area contributed by atoms with Gasteiger partial charge in [0.15, 0.2) is 0 Å². The number of aromatic nitrogens is 2. The van der Waals surface area contributed by atoms with E-state index in [4.69, 9.17) is 4.74 Å². The van der Waals surface area contributed by atoms with Crippen LogP contribution in [0.2, 0.25) is 0 Å². The fourth-order valence-electron chi connectivity index (χ4n) is 2.79. The SMILES string of the molecule is CC(NC(=O)c1cnc(NCCN2CCOCC2)nc1)c1ccccc1. The van der Waals surface area contributed by atoms with Gasteiger partial charge >= 0.3 is 0 Å². The van der Waals surface area contributed by atoms with Gasteiger partial charge in [-0.2, -0.15) is 0 Å². The van der Waals surface area contributed by atoms with Crippen LogP contribution in [-0.4, -0.2) is 60.2 Å². The van der Waals surface area contributed by atoms with E-state index in [-0.39, 0.29) is 11.9 Å². The van der Waals surface area contributed by atoms with E-state index in [2.05, 4.69) is 25.5 Å². The first kappa shape index (κ1) is 18.3. The molecule has 7 heteroatoms. The lowest BCUT2D eigenvalue weighted by molar-refractivity contribution is 0.0398. The zero-order chi connectivity index (χ0) is 18.2. The number of hydrogen-bond donors (Lipinski definition) is 2. The van der Waals surface area contributed by atoms with Crippen molar-refractivity contribution < 1.29 is 9.53 Å². The maximum atomic E-state index is 12.3. The highest BCUT2D eigenvalue weighted by Crippen LogP contribution is 2.12. The van der Waals surface area contributed by atoms with Crippen molar-refractivity contribution in [3.05, 3.63) is 53.9 Å². The summed E-state index contributed by atoms with van der Waals surface area (Å²) in [5.41, 5.74) is 1.51. The van der Waals surface area contributed by atoms with Crippen LogP contribution in [0.3, 0.4) is 0 Å². The molecule has 138 valence electrons. The summed E-state index contributed by atoms with van der Waals surface area (Å²) in [6.45, 7) is 7.14. The molecule has 3 rings (SSSR count).